The first-order chi connectivity index (χ1) is 10.9. The minimum absolute atomic E-state index is 0.553. The first-order valence-electron chi connectivity index (χ1n) is 8.30. The van der Waals surface area contributed by atoms with E-state index >= 15 is 0 Å². The molecule has 0 saturated heterocycles. The van der Waals surface area contributed by atoms with E-state index < -0.39 is 0 Å². The second-order valence-corrected chi connectivity index (χ2v) is 5.96. The molecule has 3 nitrogen and oxygen atoms in total. The second-order valence-electron chi connectivity index (χ2n) is 5.96. The lowest BCUT2D eigenvalue weighted by Gasteiger charge is -2.35. The average Bonchev–Trinajstić information content (AvgIpc) is 2.61. The van der Waals surface area contributed by atoms with Crippen LogP contribution >= 0.6 is 0 Å². The van der Waals surface area contributed by atoms with Gasteiger partial charge in [-0.2, -0.15) is 5.12 Å². The van der Waals surface area contributed by atoms with Gasteiger partial charge < -0.3 is 5.43 Å². The van der Waals surface area contributed by atoms with Crippen molar-refractivity contribution in [3.05, 3.63) is 66.2 Å². The summed E-state index contributed by atoms with van der Waals surface area (Å²) in [6.45, 7) is 0.844. The number of hydrazine groups is 2. The summed E-state index contributed by atoms with van der Waals surface area (Å²) in [6.07, 6.45) is 6.52. The molecular formula is C19H25N3. The minimum atomic E-state index is 0.553. The van der Waals surface area contributed by atoms with E-state index in [1.807, 2.05) is 6.07 Å². The van der Waals surface area contributed by atoms with Gasteiger partial charge in [0, 0.05) is 12.6 Å². The van der Waals surface area contributed by atoms with Crippen LogP contribution in [0.3, 0.4) is 0 Å². The highest BCUT2D eigenvalue weighted by atomic mass is 15.7. The highest BCUT2D eigenvalue weighted by Gasteiger charge is 2.21. The van der Waals surface area contributed by atoms with Crippen LogP contribution in [0.25, 0.3) is 0 Å². The van der Waals surface area contributed by atoms with Gasteiger partial charge in [0.2, 0.25) is 0 Å². The van der Waals surface area contributed by atoms with Crippen LogP contribution in [0.5, 0.6) is 0 Å². The van der Waals surface area contributed by atoms with E-state index in [0.29, 0.717) is 6.04 Å². The van der Waals surface area contributed by atoms with E-state index in [9.17, 15) is 0 Å². The van der Waals surface area contributed by atoms with E-state index in [4.69, 9.17) is 0 Å². The third kappa shape index (κ3) is 4.33. The quantitative estimate of drug-likeness (QED) is 0.776. The van der Waals surface area contributed by atoms with Crippen molar-refractivity contribution in [2.45, 2.75) is 44.7 Å². The molecule has 22 heavy (non-hydrogen) atoms. The summed E-state index contributed by atoms with van der Waals surface area (Å²) in [5.74, 6) is 0. The topological polar surface area (TPSA) is 27.3 Å². The fraction of sp³-hybridized carbons (Fsp3) is 0.368. The predicted molar refractivity (Wildman–Crippen MR) is 92.1 cm³/mol. The molecule has 1 fully saturated rings. The van der Waals surface area contributed by atoms with Crippen LogP contribution in [-0.2, 0) is 6.54 Å². The van der Waals surface area contributed by atoms with E-state index in [1.54, 1.807) is 0 Å². The Balaban J connectivity index is 1.65. The Morgan fingerprint density at radius 2 is 1.45 bits per heavy atom. The highest BCUT2D eigenvalue weighted by molar-refractivity contribution is 5.41. The number of para-hydroxylation sites is 1. The van der Waals surface area contributed by atoms with Crippen LogP contribution in [0.15, 0.2) is 60.7 Å². The third-order valence-corrected chi connectivity index (χ3v) is 4.26. The number of anilines is 1. The standard InChI is InChI=1S/C19H25N3/c1-4-10-17(11-5-1)16-20-22(19-14-8-3-9-15-19)21-18-12-6-2-7-13-18/h1-2,4-7,10-13,19-21H,3,8-9,14-16H2. The SMILES string of the molecule is c1ccc(CNN(Nc2ccccc2)C2CCCCC2)cc1. The summed E-state index contributed by atoms with van der Waals surface area (Å²) < 4.78 is 0. The summed E-state index contributed by atoms with van der Waals surface area (Å²) in [5.41, 5.74) is 9.55. The van der Waals surface area contributed by atoms with E-state index in [-0.39, 0.29) is 0 Å². The zero-order chi connectivity index (χ0) is 15.0. The summed E-state index contributed by atoms with van der Waals surface area (Å²) in [5, 5.41) is 2.22. The van der Waals surface area contributed by atoms with Crippen LogP contribution in [0.1, 0.15) is 37.7 Å². The molecule has 1 saturated carbocycles. The van der Waals surface area contributed by atoms with E-state index in [1.165, 1.54) is 37.7 Å². The number of nitrogens with one attached hydrogen (secondary N) is 2. The van der Waals surface area contributed by atoms with Crippen molar-refractivity contribution in [1.82, 2.24) is 10.5 Å². The molecule has 0 bridgehead atoms. The molecule has 1 aliphatic carbocycles. The Labute approximate surface area is 133 Å². The lowest BCUT2D eigenvalue weighted by molar-refractivity contribution is 0.124. The monoisotopic (exact) mass is 295 g/mol. The molecule has 3 rings (SSSR count). The molecule has 0 spiro atoms. The lowest BCUT2D eigenvalue weighted by atomic mass is 9.96. The van der Waals surface area contributed by atoms with Gasteiger partial charge in [0.05, 0.1) is 5.69 Å². The summed E-state index contributed by atoms with van der Waals surface area (Å²) in [7, 11) is 0. The third-order valence-electron chi connectivity index (χ3n) is 4.26. The van der Waals surface area contributed by atoms with Crippen molar-refractivity contribution in [3.8, 4) is 0 Å². The Bertz CT molecular complexity index is 535. The van der Waals surface area contributed by atoms with E-state index in [0.717, 1.165) is 12.2 Å². The van der Waals surface area contributed by atoms with Gasteiger partial charge in [0.1, 0.15) is 0 Å². The molecular weight excluding hydrogens is 270 g/mol. The van der Waals surface area contributed by atoms with Gasteiger partial charge in [-0.3, -0.25) is 0 Å². The molecule has 0 aromatic heterocycles. The van der Waals surface area contributed by atoms with E-state index in [2.05, 4.69) is 70.6 Å². The van der Waals surface area contributed by atoms with Crippen molar-refractivity contribution in [2.75, 3.05) is 5.43 Å². The lowest BCUT2D eigenvalue weighted by Crippen LogP contribution is -2.49. The van der Waals surface area contributed by atoms with Gasteiger partial charge in [-0.05, 0) is 30.5 Å². The summed E-state index contributed by atoms with van der Waals surface area (Å²) in [6, 6.07) is 21.5. The molecule has 2 aromatic rings. The van der Waals surface area contributed by atoms with Crippen LogP contribution in [-0.4, -0.2) is 11.2 Å². The fourth-order valence-electron chi connectivity index (χ4n) is 3.02. The van der Waals surface area contributed by atoms with Gasteiger partial charge in [-0.1, -0.05) is 67.8 Å². The van der Waals surface area contributed by atoms with Crippen LogP contribution in [0.2, 0.25) is 0 Å². The molecule has 0 unspecified atom stereocenters. The largest absolute Gasteiger partial charge is 0.305 e. The zero-order valence-electron chi connectivity index (χ0n) is 13.0. The minimum Gasteiger partial charge on any atom is -0.305 e. The van der Waals surface area contributed by atoms with Gasteiger partial charge >= 0.3 is 0 Å². The Morgan fingerprint density at radius 3 is 2.14 bits per heavy atom. The smallest absolute Gasteiger partial charge is 0.0503 e. The molecule has 0 heterocycles. The summed E-state index contributed by atoms with van der Waals surface area (Å²) in [4.78, 5) is 0. The molecule has 1 aliphatic rings. The molecule has 0 atom stereocenters. The fourth-order valence-corrected chi connectivity index (χ4v) is 3.02. The first-order valence-corrected chi connectivity index (χ1v) is 8.30. The maximum absolute atomic E-state index is 3.58. The number of hydrogen-bond acceptors (Lipinski definition) is 3. The molecule has 0 radical (unpaired) electrons. The Kier molecular flexibility index (Phi) is 5.46. The van der Waals surface area contributed by atoms with Gasteiger partial charge in [0.25, 0.3) is 0 Å². The van der Waals surface area contributed by atoms with Crippen LogP contribution < -0.4 is 10.9 Å². The molecule has 3 heteroatoms. The van der Waals surface area contributed by atoms with Crippen LogP contribution in [0, 0.1) is 0 Å². The highest BCUT2D eigenvalue weighted by Crippen LogP contribution is 2.22. The number of benzene rings is 2. The molecule has 0 amide bonds. The van der Waals surface area contributed by atoms with Crippen LogP contribution in [0.4, 0.5) is 5.69 Å². The maximum Gasteiger partial charge on any atom is 0.0503 e. The molecule has 116 valence electrons. The normalized spacial score (nSPS) is 15.9. The second kappa shape index (κ2) is 7.97. The molecule has 0 aliphatic heterocycles. The Morgan fingerprint density at radius 1 is 0.818 bits per heavy atom. The van der Waals surface area contributed by atoms with Crippen molar-refractivity contribution in [2.24, 2.45) is 0 Å². The maximum atomic E-state index is 3.58. The van der Waals surface area contributed by atoms with Crippen molar-refractivity contribution < 1.29 is 0 Å². The van der Waals surface area contributed by atoms with Gasteiger partial charge in [-0.25, -0.2) is 5.43 Å². The summed E-state index contributed by atoms with van der Waals surface area (Å²) >= 11 is 0. The van der Waals surface area contributed by atoms with Gasteiger partial charge in [0.15, 0.2) is 0 Å². The number of hydrogen-bond donors (Lipinski definition) is 2. The number of rotatable bonds is 6. The number of nitrogens with zero attached hydrogens (tertiary/aromatic N) is 1. The zero-order valence-corrected chi connectivity index (χ0v) is 13.0. The molecule has 2 aromatic carbocycles. The van der Waals surface area contributed by atoms with Crippen molar-refractivity contribution in [3.63, 3.8) is 0 Å². The molecule has 2 N–H and O–H groups in total. The Hall–Kier alpha value is -1.84. The van der Waals surface area contributed by atoms with Crippen molar-refractivity contribution in [1.29, 1.82) is 0 Å². The van der Waals surface area contributed by atoms with Crippen molar-refractivity contribution >= 4 is 5.69 Å². The average molecular weight is 295 g/mol. The van der Waals surface area contributed by atoms with Gasteiger partial charge in [-0.15, -0.1) is 0 Å². The first kappa shape index (κ1) is 15.1. The predicted octanol–water partition coefficient (Wildman–Crippen LogP) is 4.35.